The molecule has 1 saturated carbocycles. The zero-order chi connectivity index (χ0) is 28.1. The van der Waals surface area contributed by atoms with Crippen molar-refractivity contribution in [3.8, 4) is 11.1 Å². The summed E-state index contributed by atoms with van der Waals surface area (Å²) in [7, 11) is 0. The van der Waals surface area contributed by atoms with Gasteiger partial charge in [0, 0.05) is 31.2 Å². The average Bonchev–Trinajstić information content (AvgIpc) is 3.32. The minimum atomic E-state index is -0.969. The lowest BCUT2D eigenvalue weighted by Gasteiger charge is -2.25. The highest BCUT2D eigenvalue weighted by Gasteiger charge is 2.31. The first-order valence-electron chi connectivity index (χ1n) is 14.2. The summed E-state index contributed by atoms with van der Waals surface area (Å²) in [5.41, 5.74) is 4.92. The Hall–Kier alpha value is -4.21. The molecule has 2 aliphatic carbocycles. The standard InChI is InChI=1S/C33H35N3O4.2H2O/c1-2-3-16-30-35-28-18-17-25(34-32(38)27-14-8-7-12-24(27)21-37)19-29(28)36(30)20-23-13-9-15-26(31(23)33(39)40)22-10-5-4-6-11-22;;/h4-6,9-11,13,15,17-18,21,24,27H,2-3,7-8,12,14,16,19-20H2,1H3,(H,39,40);2*1H2/t24-,27+;;/m0../s1. The highest BCUT2D eigenvalue weighted by atomic mass is 16.4. The molecule has 0 saturated heterocycles. The number of nitrogens with zero attached hydrogens (tertiary/aromatic N) is 3. The van der Waals surface area contributed by atoms with Gasteiger partial charge in [0.25, 0.3) is 0 Å². The van der Waals surface area contributed by atoms with E-state index < -0.39 is 5.97 Å². The van der Waals surface area contributed by atoms with Gasteiger partial charge in [0.2, 0.25) is 5.91 Å². The predicted octanol–water partition coefficient (Wildman–Crippen LogP) is 4.53. The summed E-state index contributed by atoms with van der Waals surface area (Å²) in [4.78, 5) is 46.6. The van der Waals surface area contributed by atoms with Crippen LogP contribution in [0.1, 0.15) is 78.6 Å². The van der Waals surface area contributed by atoms with E-state index in [-0.39, 0.29) is 34.3 Å². The second kappa shape index (κ2) is 14.6. The maximum atomic E-state index is 13.1. The van der Waals surface area contributed by atoms with E-state index in [9.17, 15) is 19.5 Å². The molecule has 222 valence electrons. The Labute approximate surface area is 245 Å². The van der Waals surface area contributed by atoms with Crippen LogP contribution in [-0.4, -0.2) is 49.5 Å². The zero-order valence-electron chi connectivity index (χ0n) is 23.9. The molecule has 1 fully saturated rings. The third-order valence-electron chi connectivity index (χ3n) is 8.06. The van der Waals surface area contributed by atoms with Gasteiger partial charge in [-0.05, 0) is 48.1 Å². The number of benzene rings is 2. The van der Waals surface area contributed by atoms with Crippen LogP contribution in [0.5, 0.6) is 0 Å². The highest BCUT2D eigenvalue weighted by molar-refractivity contribution is 6.07. The van der Waals surface area contributed by atoms with E-state index in [0.717, 1.165) is 67.6 Å². The first kappa shape index (κ1) is 32.3. The van der Waals surface area contributed by atoms with Gasteiger partial charge in [-0.25, -0.2) is 14.8 Å². The Morgan fingerprint density at radius 1 is 1.05 bits per heavy atom. The Morgan fingerprint density at radius 2 is 1.81 bits per heavy atom. The number of hydrogen-bond acceptors (Lipinski definition) is 4. The summed E-state index contributed by atoms with van der Waals surface area (Å²) in [5.74, 6) is -0.896. The molecule has 0 bridgehead atoms. The summed E-state index contributed by atoms with van der Waals surface area (Å²) in [6.07, 6.45) is 11.2. The molecule has 0 unspecified atom stereocenters. The molecule has 1 amide bonds. The number of carboxylic acid groups (broad SMARTS) is 1. The Balaban J connectivity index is 0.00000242. The van der Waals surface area contributed by atoms with Gasteiger partial charge in [0.15, 0.2) is 0 Å². The topological polar surface area (TPSA) is 165 Å². The number of fused-ring (bicyclic) bond motifs is 1. The highest BCUT2D eigenvalue weighted by Crippen LogP contribution is 2.31. The van der Waals surface area contributed by atoms with Crippen molar-refractivity contribution in [3.63, 3.8) is 0 Å². The monoisotopic (exact) mass is 573 g/mol. The molecular formula is C33H39N3O6. The Morgan fingerprint density at radius 3 is 2.52 bits per heavy atom. The molecule has 0 aliphatic heterocycles. The number of aromatic carboxylic acids is 1. The summed E-state index contributed by atoms with van der Waals surface area (Å²) in [6.45, 7) is 2.49. The molecule has 0 radical (unpaired) electrons. The number of imidazole rings is 1. The minimum Gasteiger partial charge on any atom is -0.478 e. The molecule has 9 heteroatoms. The number of rotatable bonds is 9. The lowest BCUT2D eigenvalue weighted by atomic mass is 9.79. The lowest BCUT2D eigenvalue weighted by Crippen LogP contribution is -2.28. The second-order valence-corrected chi connectivity index (χ2v) is 10.7. The van der Waals surface area contributed by atoms with Crippen molar-refractivity contribution in [1.82, 2.24) is 9.55 Å². The third-order valence-corrected chi connectivity index (χ3v) is 8.06. The van der Waals surface area contributed by atoms with Gasteiger partial charge in [-0.3, -0.25) is 4.79 Å². The molecule has 42 heavy (non-hydrogen) atoms. The molecule has 2 aromatic carbocycles. The number of carbonyl (C=O) groups excluding carboxylic acids is 2. The van der Waals surface area contributed by atoms with Crippen molar-refractivity contribution in [3.05, 3.63) is 82.9 Å². The maximum Gasteiger partial charge on any atom is 0.336 e. The van der Waals surface area contributed by atoms with E-state index >= 15 is 0 Å². The molecule has 2 aliphatic rings. The Kier molecular flexibility index (Phi) is 11.2. The minimum absolute atomic E-state index is 0. The van der Waals surface area contributed by atoms with E-state index in [2.05, 4.69) is 16.5 Å². The number of amides is 1. The van der Waals surface area contributed by atoms with Crippen LogP contribution in [0, 0.1) is 11.8 Å². The van der Waals surface area contributed by atoms with Gasteiger partial charge in [-0.15, -0.1) is 0 Å². The number of aryl methyl sites for hydroxylation is 1. The number of carboxylic acids is 1. The smallest absolute Gasteiger partial charge is 0.336 e. The van der Waals surface area contributed by atoms with Crippen LogP contribution in [0.2, 0.25) is 0 Å². The van der Waals surface area contributed by atoms with Crippen LogP contribution in [-0.2, 0) is 29.0 Å². The number of hydrogen-bond donors (Lipinski definition) is 1. The zero-order valence-corrected chi connectivity index (χ0v) is 23.9. The van der Waals surface area contributed by atoms with Crippen LogP contribution >= 0.6 is 0 Å². The van der Waals surface area contributed by atoms with Gasteiger partial charge in [-0.1, -0.05) is 74.7 Å². The van der Waals surface area contributed by atoms with Crippen molar-refractivity contribution < 1.29 is 30.4 Å². The molecule has 2 atom stereocenters. The normalized spacial score (nSPS) is 18.5. The van der Waals surface area contributed by atoms with Crippen LogP contribution in [0.25, 0.3) is 17.2 Å². The van der Waals surface area contributed by atoms with Crippen LogP contribution < -0.4 is 0 Å². The van der Waals surface area contributed by atoms with Crippen molar-refractivity contribution in [2.24, 2.45) is 16.8 Å². The van der Waals surface area contributed by atoms with Gasteiger partial charge in [0.1, 0.15) is 12.1 Å². The quantitative estimate of drug-likeness (QED) is 0.371. The van der Waals surface area contributed by atoms with Crippen molar-refractivity contribution in [1.29, 1.82) is 0 Å². The number of unbranched alkanes of at least 4 members (excludes halogenated alkanes) is 1. The van der Waals surface area contributed by atoms with Gasteiger partial charge < -0.3 is 25.4 Å². The van der Waals surface area contributed by atoms with Crippen LogP contribution in [0.4, 0.5) is 0 Å². The molecular weight excluding hydrogens is 534 g/mol. The van der Waals surface area contributed by atoms with E-state index in [1.807, 2.05) is 60.7 Å². The SMILES string of the molecule is CCCCc1nc2c(n1Cc1cccc(-c3ccccc3)c1C(=O)O)CC(=NC(=O)[C@@H]1CCCC[C@H]1C=O)C=C2.O.O. The number of aliphatic imine (C=N–C) groups is 1. The molecule has 3 aromatic rings. The molecule has 5 rings (SSSR count). The maximum absolute atomic E-state index is 13.1. The summed E-state index contributed by atoms with van der Waals surface area (Å²) >= 11 is 0. The van der Waals surface area contributed by atoms with Crippen molar-refractivity contribution in [2.45, 2.75) is 64.8 Å². The summed E-state index contributed by atoms with van der Waals surface area (Å²) in [5, 5.41) is 10.3. The van der Waals surface area contributed by atoms with Crippen molar-refractivity contribution in [2.75, 3.05) is 0 Å². The lowest BCUT2D eigenvalue weighted by molar-refractivity contribution is -0.128. The fourth-order valence-corrected chi connectivity index (χ4v) is 5.94. The molecule has 1 aromatic heterocycles. The number of aldehydes is 1. The van der Waals surface area contributed by atoms with Gasteiger partial charge in [-0.2, -0.15) is 0 Å². The number of aromatic nitrogens is 2. The van der Waals surface area contributed by atoms with E-state index in [1.165, 1.54) is 0 Å². The van der Waals surface area contributed by atoms with Crippen molar-refractivity contribution >= 4 is 30.0 Å². The number of carbonyl (C=O) groups is 3. The van der Waals surface area contributed by atoms with Gasteiger partial charge >= 0.3 is 5.97 Å². The molecule has 1 heterocycles. The van der Waals surface area contributed by atoms with E-state index in [0.29, 0.717) is 36.2 Å². The van der Waals surface area contributed by atoms with Crippen LogP contribution in [0.3, 0.4) is 0 Å². The van der Waals surface area contributed by atoms with E-state index in [1.54, 1.807) is 0 Å². The average molecular weight is 574 g/mol. The third kappa shape index (κ3) is 6.80. The van der Waals surface area contributed by atoms with Crippen LogP contribution in [0.15, 0.2) is 59.6 Å². The Bertz CT molecular complexity index is 1470. The predicted molar refractivity (Wildman–Crippen MR) is 163 cm³/mol. The summed E-state index contributed by atoms with van der Waals surface area (Å²) < 4.78 is 2.11. The van der Waals surface area contributed by atoms with Gasteiger partial charge in [0.05, 0.1) is 22.7 Å². The summed E-state index contributed by atoms with van der Waals surface area (Å²) in [6, 6.07) is 15.2. The fourth-order valence-electron chi connectivity index (χ4n) is 5.94. The second-order valence-electron chi connectivity index (χ2n) is 10.7. The largest absolute Gasteiger partial charge is 0.478 e. The first-order valence-corrected chi connectivity index (χ1v) is 14.2. The molecule has 0 spiro atoms. The number of allylic oxidation sites excluding steroid dienone is 1. The molecule has 5 N–H and O–H groups in total. The fraction of sp³-hybridized carbons (Fsp3) is 0.364. The van der Waals surface area contributed by atoms with E-state index in [4.69, 9.17) is 4.98 Å². The first-order chi connectivity index (χ1) is 19.5. The molecule has 9 nitrogen and oxygen atoms in total.